The van der Waals surface area contributed by atoms with Gasteiger partial charge in [-0.3, -0.25) is 0 Å². The summed E-state index contributed by atoms with van der Waals surface area (Å²) in [5, 5.41) is 20.1. The van der Waals surface area contributed by atoms with E-state index in [9.17, 15) is 10.2 Å². The number of aliphatic hydroxyl groups excluding tert-OH is 2. The molecule has 0 aromatic heterocycles. The molecule has 0 amide bonds. The van der Waals surface area contributed by atoms with Crippen molar-refractivity contribution in [2.45, 2.75) is 94.3 Å². The Morgan fingerprint density at radius 2 is 0.881 bits per heavy atom. The lowest BCUT2D eigenvalue weighted by atomic mass is 9.72. The molecule has 0 saturated heterocycles. The smallest absolute Gasteiger partial charge is 0.0734 e. The molecule has 2 aliphatic carbocycles. The number of rotatable bonds is 9. The summed E-state index contributed by atoms with van der Waals surface area (Å²) in [6.07, 6.45) is 34.4. The van der Waals surface area contributed by atoms with E-state index >= 15 is 0 Å². The maximum atomic E-state index is 10.0. The van der Waals surface area contributed by atoms with Gasteiger partial charge in [-0.2, -0.15) is 0 Å². The van der Waals surface area contributed by atoms with E-state index in [-0.39, 0.29) is 23.0 Å². The highest BCUT2D eigenvalue weighted by atomic mass is 16.3. The molecular weight excluding hydrogens is 512 g/mol. The van der Waals surface area contributed by atoms with Crippen LogP contribution in [-0.2, 0) is 0 Å². The minimum absolute atomic E-state index is 0.0267. The van der Waals surface area contributed by atoms with Gasteiger partial charge in [-0.1, -0.05) is 147 Å². The highest BCUT2D eigenvalue weighted by Gasteiger charge is 2.31. The number of aliphatic hydroxyl groups is 2. The van der Waals surface area contributed by atoms with Gasteiger partial charge in [0.05, 0.1) is 12.2 Å². The SMILES string of the molecule is CC1=C[C@@H](O)CC(C)(C)\C1=C/C=C(C)/C=C/C=C(C)/C=C/C=C/C(C)=C/C=C/C(C)=C/C=C1/C(C)=C[C@@H](O)CC1(C)C. The van der Waals surface area contributed by atoms with E-state index in [0.29, 0.717) is 0 Å². The van der Waals surface area contributed by atoms with Crippen LogP contribution in [0.25, 0.3) is 0 Å². The molecule has 2 nitrogen and oxygen atoms in total. The van der Waals surface area contributed by atoms with E-state index in [1.807, 2.05) is 12.2 Å². The van der Waals surface area contributed by atoms with Crippen molar-refractivity contribution >= 4 is 0 Å². The van der Waals surface area contributed by atoms with Crippen LogP contribution in [0, 0.1) is 10.8 Å². The molecule has 0 radical (unpaired) electrons. The molecule has 0 fully saturated rings. The Labute approximate surface area is 256 Å². The maximum absolute atomic E-state index is 10.0. The Bertz CT molecular complexity index is 1230. The van der Waals surface area contributed by atoms with E-state index < -0.39 is 0 Å². The third-order valence-electron chi connectivity index (χ3n) is 7.92. The van der Waals surface area contributed by atoms with Gasteiger partial charge in [0, 0.05) is 0 Å². The second-order valence-electron chi connectivity index (χ2n) is 13.2. The van der Waals surface area contributed by atoms with E-state index in [4.69, 9.17) is 0 Å². The second-order valence-corrected chi connectivity index (χ2v) is 13.2. The Balaban J connectivity index is 1.92. The first-order valence-electron chi connectivity index (χ1n) is 15.2. The van der Waals surface area contributed by atoms with Crippen LogP contribution >= 0.6 is 0 Å². The monoisotopic (exact) mass is 566 g/mol. The molecule has 0 bridgehead atoms. The summed E-state index contributed by atoms with van der Waals surface area (Å²) in [5.41, 5.74) is 9.59. The van der Waals surface area contributed by atoms with Crippen molar-refractivity contribution in [2.24, 2.45) is 10.8 Å². The van der Waals surface area contributed by atoms with Crippen molar-refractivity contribution in [3.8, 4) is 0 Å². The third-order valence-corrected chi connectivity index (χ3v) is 7.92. The average Bonchev–Trinajstić information content (AvgIpc) is 2.84. The first-order valence-corrected chi connectivity index (χ1v) is 15.2. The average molecular weight is 567 g/mol. The van der Waals surface area contributed by atoms with Crippen molar-refractivity contribution in [1.82, 2.24) is 0 Å². The molecule has 0 aromatic rings. The minimum Gasteiger partial charge on any atom is -0.389 e. The minimum atomic E-state index is -0.352. The van der Waals surface area contributed by atoms with Crippen LogP contribution < -0.4 is 0 Å². The molecule has 0 spiro atoms. The summed E-state index contributed by atoms with van der Waals surface area (Å²) in [7, 11) is 0. The van der Waals surface area contributed by atoms with Gasteiger partial charge in [-0.15, -0.1) is 0 Å². The summed E-state index contributed by atoms with van der Waals surface area (Å²) in [6.45, 7) is 21.4. The molecule has 0 heterocycles. The van der Waals surface area contributed by atoms with Gasteiger partial charge < -0.3 is 10.2 Å². The first kappa shape index (κ1) is 35.0. The molecule has 2 aliphatic rings. The normalized spacial score (nSPS) is 26.4. The fraction of sp³-hybridized carbons (Fsp3) is 0.400. The predicted molar refractivity (Wildman–Crippen MR) is 184 cm³/mol. The lowest BCUT2D eigenvalue weighted by molar-refractivity contribution is 0.160. The molecule has 0 aliphatic heterocycles. The summed E-state index contributed by atoms with van der Waals surface area (Å²) in [5.74, 6) is 0. The number of hydrogen-bond donors (Lipinski definition) is 2. The summed E-state index contributed by atoms with van der Waals surface area (Å²) in [4.78, 5) is 0. The van der Waals surface area contributed by atoms with Crippen LogP contribution in [0.2, 0.25) is 0 Å². The lowest BCUT2D eigenvalue weighted by Gasteiger charge is -2.34. The molecule has 0 saturated carbocycles. The fourth-order valence-electron chi connectivity index (χ4n) is 5.69. The second kappa shape index (κ2) is 15.9. The van der Waals surface area contributed by atoms with Crippen molar-refractivity contribution < 1.29 is 10.2 Å². The van der Waals surface area contributed by atoms with Crippen LogP contribution in [0.4, 0.5) is 0 Å². The van der Waals surface area contributed by atoms with Crippen molar-refractivity contribution in [1.29, 1.82) is 0 Å². The molecule has 0 aromatic carbocycles. The van der Waals surface area contributed by atoms with Crippen LogP contribution in [0.3, 0.4) is 0 Å². The van der Waals surface area contributed by atoms with Crippen LogP contribution in [0.15, 0.2) is 142 Å². The summed E-state index contributed by atoms with van der Waals surface area (Å²) < 4.78 is 0. The molecular formula is C40H54O2. The number of allylic oxidation sites excluding steroid dienone is 22. The molecule has 226 valence electrons. The molecule has 42 heavy (non-hydrogen) atoms. The molecule has 0 unspecified atom stereocenters. The van der Waals surface area contributed by atoms with Gasteiger partial charge >= 0.3 is 0 Å². The van der Waals surface area contributed by atoms with E-state index in [0.717, 1.165) is 24.0 Å². The highest BCUT2D eigenvalue weighted by Crippen LogP contribution is 2.41. The van der Waals surface area contributed by atoms with Gasteiger partial charge in [-0.05, 0) is 87.5 Å². The fourth-order valence-corrected chi connectivity index (χ4v) is 5.69. The Morgan fingerprint density at radius 1 is 0.571 bits per heavy atom. The largest absolute Gasteiger partial charge is 0.389 e. The van der Waals surface area contributed by atoms with Crippen LogP contribution in [0.1, 0.15) is 82.1 Å². The first-order chi connectivity index (χ1) is 19.6. The van der Waals surface area contributed by atoms with Gasteiger partial charge in [0.1, 0.15) is 0 Å². The lowest BCUT2D eigenvalue weighted by Crippen LogP contribution is -2.27. The van der Waals surface area contributed by atoms with Gasteiger partial charge in [0.15, 0.2) is 0 Å². The molecule has 2 N–H and O–H groups in total. The standard InChI is InChI=1S/C40H54O2/c1-29(17-13-19-31(3)21-23-37-33(5)25-35(41)27-39(37,7)8)15-11-12-16-30(2)18-14-20-32(4)22-24-38-34(6)26-36(42)28-40(38,9)10/h11-26,35-36,41-42H,27-28H2,1-10H3/b15-11+,16-12+,19-13+,20-14+,29-17+,30-18+,31-21+,32-22+,37-23-,38-24-/t35-,36-/m1/s1. The zero-order valence-corrected chi connectivity index (χ0v) is 27.7. The number of hydrogen-bond acceptors (Lipinski definition) is 2. The summed E-state index contributed by atoms with van der Waals surface area (Å²) >= 11 is 0. The Kier molecular flexibility index (Phi) is 13.2. The Hall–Kier alpha value is -3.20. The molecule has 2 atom stereocenters. The topological polar surface area (TPSA) is 40.5 Å². The van der Waals surface area contributed by atoms with Crippen molar-refractivity contribution in [2.75, 3.05) is 0 Å². The van der Waals surface area contributed by atoms with E-state index in [1.54, 1.807) is 0 Å². The zero-order chi connectivity index (χ0) is 31.5. The predicted octanol–water partition coefficient (Wildman–Crippen LogP) is 10.3. The van der Waals surface area contributed by atoms with Gasteiger partial charge in [-0.25, -0.2) is 0 Å². The maximum Gasteiger partial charge on any atom is 0.0734 e. The third kappa shape index (κ3) is 11.6. The van der Waals surface area contributed by atoms with Crippen molar-refractivity contribution in [3.63, 3.8) is 0 Å². The van der Waals surface area contributed by atoms with Gasteiger partial charge in [0.2, 0.25) is 0 Å². The Morgan fingerprint density at radius 3 is 1.21 bits per heavy atom. The van der Waals surface area contributed by atoms with E-state index in [2.05, 4.69) is 154 Å². The quantitative estimate of drug-likeness (QED) is 0.273. The van der Waals surface area contributed by atoms with Crippen LogP contribution in [-0.4, -0.2) is 22.4 Å². The summed E-state index contributed by atoms with van der Waals surface area (Å²) in [6, 6.07) is 0. The molecule has 2 heteroatoms. The molecule has 2 rings (SSSR count). The van der Waals surface area contributed by atoms with Crippen LogP contribution in [0.5, 0.6) is 0 Å². The highest BCUT2D eigenvalue weighted by molar-refractivity contribution is 5.43. The van der Waals surface area contributed by atoms with Gasteiger partial charge in [0.25, 0.3) is 0 Å². The zero-order valence-electron chi connectivity index (χ0n) is 27.7. The van der Waals surface area contributed by atoms with E-state index in [1.165, 1.54) is 33.4 Å². The van der Waals surface area contributed by atoms with Crippen molar-refractivity contribution in [3.05, 3.63) is 142 Å².